The van der Waals surface area contributed by atoms with Gasteiger partial charge in [0, 0.05) is 23.3 Å². The third-order valence-electron chi connectivity index (χ3n) is 4.30. The van der Waals surface area contributed by atoms with Crippen LogP contribution in [0.5, 0.6) is 0 Å². The van der Waals surface area contributed by atoms with Crippen LogP contribution in [0.25, 0.3) is 0 Å². The second kappa shape index (κ2) is 7.48. The predicted molar refractivity (Wildman–Crippen MR) is 90.3 cm³/mol. The molecule has 1 aliphatic rings. The molecular weight excluding hydrogens is 284 g/mol. The van der Waals surface area contributed by atoms with Gasteiger partial charge in [-0.3, -0.25) is 0 Å². The average molecular weight is 311 g/mol. The van der Waals surface area contributed by atoms with Crippen molar-refractivity contribution in [3.63, 3.8) is 0 Å². The van der Waals surface area contributed by atoms with Crippen molar-refractivity contribution in [1.82, 2.24) is 0 Å². The highest BCUT2D eigenvalue weighted by Gasteiger charge is 2.27. The van der Waals surface area contributed by atoms with Crippen molar-refractivity contribution < 1.29 is 4.74 Å². The zero-order chi connectivity index (χ0) is 15.4. The number of morpholine rings is 1. The van der Waals surface area contributed by atoms with Crippen molar-refractivity contribution >= 4 is 17.3 Å². The van der Waals surface area contributed by atoms with E-state index in [1.807, 2.05) is 6.07 Å². The third-order valence-corrected chi connectivity index (χ3v) is 4.53. The minimum Gasteiger partial charge on any atom is -0.375 e. The molecule has 1 fully saturated rings. The molecule has 1 aromatic rings. The second-order valence-electron chi connectivity index (χ2n) is 6.00. The molecule has 1 saturated heterocycles. The fraction of sp³-hybridized carbons (Fsp3) is 0.647. The Hall–Kier alpha value is -0.770. The Morgan fingerprint density at radius 1 is 1.43 bits per heavy atom. The molecule has 0 aliphatic carbocycles. The van der Waals surface area contributed by atoms with Gasteiger partial charge in [0.25, 0.3) is 0 Å². The molecule has 3 nitrogen and oxygen atoms in total. The Morgan fingerprint density at radius 3 is 2.86 bits per heavy atom. The average Bonchev–Trinajstić information content (AvgIpc) is 2.47. The highest BCUT2D eigenvalue weighted by Crippen LogP contribution is 2.30. The van der Waals surface area contributed by atoms with E-state index in [1.54, 1.807) is 0 Å². The fourth-order valence-corrected chi connectivity index (χ4v) is 3.10. The van der Waals surface area contributed by atoms with E-state index in [0.29, 0.717) is 6.04 Å². The highest BCUT2D eigenvalue weighted by molar-refractivity contribution is 6.30. The lowest BCUT2D eigenvalue weighted by Gasteiger charge is -2.41. The number of nitrogens with zero attached hydrogens (tertiary/aromatic N) is 1. The van der Waals surface area contributed by atoms with Gasteiger partial charge in [-0.05, 0) is 49.9 Å². The summed E-state index contributed by atoms with van der Waals surface area (Å²) in [6, 6.07) is 6.80. The maximum absolute atomic E-state index is 6.20. The Balaban J connectivity index is 2.31. The second-order valence-corrected chi connectivity index (χ2v) is 6.44. The molecule has 3 unspecified atom stereocenters. The fourth-order valence-electron chi connectivity index (χ4n) is 2.90. The van der Waals surface area contributed by atoms with Crippen LogP contribution in [0.2, 0.25) is 5.02 Å². The molecule has 1 aromatic carbocycles. The number of nitrogens with two attached hydrogens (primary N) is 1. The van der Waals surface area contributed by atoms with Gasteiger partial charge in [0.1, 0.15) is 0 Å². The minimum atomic E-state index is 0.181. The maximum atomic E-state index is 6.20. The molecular formula is C17H27ClN2O. The molecule has 0 aromatic heterocycles. The number of anilines is 1. The van der Waals surface area contributed by atoms with Gasteiger partial charge in [-0.1, -0.05) is 25.4 Å². The first-order valence-electron chi connectivity index (χ1n) is 7.97. The summed E-state index contributed by atoms with van der Waals surface area (Å²) in [5.41, 5.74) is 8.68. The van der Waals surface area contributed by atoms with Crippen molar-refractivity contribution in [2.24, 2.45) is 5.73 Å². The van der Waals surface area contributed by atoms with E-state index in [0.717, 1.165) is 37.4 Å². The van der Waals surface area contributed by atoms with Crippen molar-refractivity contribution in [2.75, 3.05) is 18.1 Å². The third kappa shape index (κ3) is 4.12. The quantitative estimate of drug-likeness (QED) is 0.902. The molecule has 0 radical (unpaired) electrons. The van der Waals surface area contributed by atoms with E-state index in [4.69, 9.17) is 22.1 Å². The van der Waals surface area contributed by atoms with Crippen LogP contribution in [0.3, 0.4) is 0 Å². The zero-order valence-corrected chi connectivity index (χ0v) is 14.1. The number of hydrogen-bond donors (Lipinski definition) is 1. The number of rotatable bonds is 5. The lowest BCUT2D eigenvalue weighted by atomic mass is 10.00. The first kappa shape index (κ1) is 16.6. The largest absolute Gasteiger partial charge is 0.375 e. The standard InChI is InChI=1S/C17H27ClN2O/c1-4-15(19)9-13-8-14(18)6-7-17(13)20-10-12(3)21-11-16(20)5-2/h6-8,12,15-16H,4-5,9-11,19H2,1-3H3. The van der Waals surface area contributed by atoms with Gasteiger partial charge in [-0.25, -0.2) is 0 Å². The van der Waals surface area contributed by atoms with E-state index >= 15 is 0 Å². The molecule has 4 heteroatoms. The molecule has 2 rings (SSSR count). The van der Waals surface area contributed by atoms with Crippen molar-refractivity contribution in [3.8, 4) is 0 Å². The monoisotopic (exact) mass is 310 g/mol. The van der Waals surface area contributed by atoms with Crippen LogP contribution in [0.1, 0.15) is 39.2 Å². The Bertz CT molecular complexity index is 466. The summed E-state index contributed by atoms with van der Waals surface area (Å²) in [6.45, 7) is 8.19. The van der Waals surface area contributed by atoms with Crippen LogP contribution >= 0.6 is 11.6 Å². The summed E-state index contributed by atoms with van der Waals surface area (Å²) in [5.74, 6) is 0. The lowest BCUT2D eigenvalue weighted by molar-refractivity contribution is 0.0299. The van der Waals surface area contributed by atoms with Crippen LogP contribution in [0, 0.1) is 0 Å². The highest BCUT2D eigenvalue weighted by atomic mass is 35.5. The first-order valence-corrected chi connectivity index (χ1v) is 8.35. The van der Waals surface area contributed by atoms with Crippen LogP contribution in [-0.2, 0) is 11.2 Å². The Labute approximate surface area is 133 Å². The molecule has 1 aliphatic heterocycles. The summed E-state index contributed by atoms with van der Waals surface area (Å²) in [6.07, 6.45) is 3.18. The van der Waals surface area contributed by atoms with Crippen LogP contribution < -0.4 is 10.6 Å². The van der Waals surface area contributed by atoms with E-state index in [-0.39, 0.29) is 12.1 Å². The number of hydrogen-bond acceptors (Lipinski definition) is 3. The van der Waals surface area contributed by atoms with Gasteiger partial charge in [-0.2, -0.15) is 0 Å². The molecule has 2 N–H and O–H groups in total. The zero-order valence-electron chi connectivity index (χ0n) is 13.3. The molecule has 3 atom stereocenters. The smallest absolute Gasteiger partial charge is 0.0723 e. The number of benzene rings is 1. The molecule has 0 amide bonds. The van der Waals surface area contributed by atoms with E-state index in [2.05, 4.69) is 37.8 Å². The first-order chi connectivity index (χ1) is 10.0. The van der Waals surface area contributed by atoms with Gasteiger partial charge in [-0.15, -0.1) is 0 Å². The van der Waals surface area contributed by atoms with Gasteiger partial charge in [0.2, 0.25) is 0 Å². The van der Waals surface area contributed by atoms with Gasteiger partial charge >= 0.3 is 0 Å². The maximum Gasteiger partial charge on any atom is 0.0723 e. The van der Waals surface area contributed by atoms with E-state index < -0.39 is 0 Å². The molecule has 0 spiro atoms. The van der Waals surface area contributed by atoms with E-state index in [1.165, 1.54) is 11.3 Å². The molecule has 118 valence electrons. The van der Waals surface area contributed by atoms with Gasteiger partial charge in [0.15, 0.2) is 0 Å². The minimum absolute atomic E-state index is 0.181. The summed E-state index contributed by atoms with van der Waals surface area (Å²) < 4.78 is 5.81. The van der Waals surface area contributed by atoms with Crippen LogP contribution in [0.4, 0.5) is 5.69 Å². The topological polar surface area (TPSA) is 38.5 Å². The van der Waals surface area contributed by atoms with E-state index in [9.17, 15) is 0 Å². The van der Waals surface area contributed by atoms with Crippen molar-refractivity contribution in [2.45, 2.75) is 58.2 Å². The molecule has 0 saturated carbocycles. The SMILES string of the molecule is CCC(N)Cc1cc(Cl)ccc1N1CC(C)OCC1CC. The number of halogens is 1. The molecule has 0 bridgehead atoms. The van der Waals surface area contributed by atoms with Gasteiger partial charge < -0.3 is 15.4 Å². The Morgan fingerprint density at radius 2 is 2.19 bits per heavy atom. The molecule has 1 heterocycles. The number of ether oxygens (including phenoxy) is 1. The van der Waals surface area contributed by atoms with Crippen LogP contribution in [-0.4, -0.2) is 31.3 Å². The van der Waals surface area contributed by atoms with Crippen LogP contribution in [0.15, 0.2) is 18.2 Å². The van der Waals surface area contributed by atoms with Crippen molar-refractivity contribution in [1.29, 1.82) is 0 Å². The normalized spacial score (nSPS) is 24.1. The van der Waals surface area contributed by atoms with Crippen molar-refractivity contribution in [3.05, 3.63) is 28.8 Å². The van der Waals surface area contributed by atoms with Gasteiger partial charge in [0.05, 0.1) is 18.8 Å². The summed E-state index contributed by atoms with van der Waals surface area (Å²) in [7, 11) is 0. The molecule has 21 heavy (non-hydrogen) atoms. The summed E-state index contributed by atoms with van der Waals surface area (Å²) >= 11 is 6.20. The summed E-state index contributed by atoms with van der Waals surface area (Å²) in [4.78, 5) is 2.47. The lowest BCUT2D eigenvalue weighted by Crippen LogP contribution is -2.49. The summed E-state index contributed by atoms with van der Waals surface area (Å²) in [5, 5.41) is 0.784. The Kier molecular flexibility index (Phi) is 5.91. The predicted octanol–water partition coefficient (Wildman–Crippen LogP) is 3.62.